The van der Waals surface area contributed by atoms with Crippen LogP contribution >= 0.6 is 0 Å². The van der Waals surface area contributed by atoms with Gasteiger partial charge in [-0.3, -0.25) is 9.69 Å². The monoisotopic (exact) mass is 348 g/mol. The van der Waals surface area contributed by atoms with Gasteiger partial charge in [-0.2, -0.15) is 0 Å². The lowest BCUT2D eigenvalue weighted by Gasteiger charge is -2.36. The van der Waals surface area contributed by atoms with Crippen molar-refractivity contribution in [2.45, 2.75) is 24.1 Å². The molecule has 8 heteroatoms. The van der Waals surface area contributed by atoms with Crippen molar-refractivity contribution in [3.05, 3.63) is 24.3 Å². The Hall–Kier alpha value is -1.93. The van der Waals surface area contributed by atoms with Gasteiger partial charge in [-0.1, -0.05) is 12.1 Å². The van der Waals surface area contributed by atoms with Gasteiger partial charge in [-0.15, -0.1) is 0 Å². The summed E-state index contributed by atoms with van der Waals surface area (Å²) < 4.78 is 25.6. The van der Waals surface area contributed by atoms with Gasteiger partial charge in [0.25, 0.3) is 5.91 Å². The van der Waals surface area contributed by atoms with Crippen LogP contribution in [0.25, 0.3) is 11.0 Å². The Balaban J connectivity index is 1.79. The summed E-state index contributed by atoms with van der Waals surface area (Å²) in [6, 6.07) is 7.71. The minimum Gasteiger partial charge on any atom is -0.317 e. The van der Waals surface area contributed by atoms with Gasteiger partial charge < -0.3 is 9.88 Å². The summed E-state index contributed by atoms with van der Waals surface area (Å²) in [5.41, 5.74) is 1.80. The van der Waals surface area contributed by atoms with Crippen molar-refractivity contribution in [1.82, 2.24) is 14.9 Å². The number of aromatic nitrogens is 2. The van der Waals surface area contributed by atoms with Crippen LogP contribution in [0.15, 0.2) is 24.3 Å². The van der Waals surface area contributed by atoms with Crippen LogP contribution in [0.5, 0.6) is 0 Å². The Bertz CT molecular complexity index is 913. The smallest absolute Gasteiger partial charge is 0.250 e. The summed E-state index contributed by atoms with van der Waals surface area (Å²) in [7, 11) is -3.53. The predicted molar refractivity (Wildman–Crippen MR) is 91.8 cm³/mol. The quantitative estimate of drug-likeness (QED) is 0.857. The van der Waals surface area contributed by atoms with Gasteiger partial charge in [0.15, 0.2) is 14.6 Å². The number of anilines is 1. The minimum absolute atomic E-state index is 0.307. The first-order chi connectivity index (χ1) is 11.4. The number of hydrogen-bond acceptors (Lipinski definition) is 5. The topological polar surface area (TPSA) is 84.3 Å². The van der Waals surface area contributed by atoms with E-state index >= 15 is 0 Å². The molecular weight excluding hydrogens is 328 g/mol. The highest BCUT2D eigenvalue weighted by atomic mass is 32.2. The number of nitrogens with one attached hydrogen (secondary N) is 1. The number of para-hydroxylation sites is 2. The van der Waals surface area contributed by atoms with E-state index in [-0.39, 0.29) is 5.91 Å². The molecule has 2 aliphatic rings. The molecule has 0 spiro atoms. The molecule has 7 nitrogen and oxygen atoms in total. The standard InChI is InChI=1S/C16H20N4O3S/c1-24(22,23)16(6-8-17-9-7-16)14(21)20-11-10-19-13-5-3-2-4-12(13)18-15(19)20/h2-5,17H,6-11H2,1H3. The van der Waals surface area contributed by atoms with E-state index in [1.807, 2.05) is 28.8 Å². The molecule has 1 aromatic carbocycles. The third-order valence-corrected chi connectivity index (χ3v) is 7.18. The molecule has 1 N–H and O–H groups in total. The second kappa shape index (κ2) is 5.29. The molecule has 2 aromatic rings. The Labute approximate surface area is 140 Å². The number of sulfone groups is 1. The predicted octanol–water partition coefficient (Wildman–Crippen LogP) is 0.550. The van der Waals surface area contributed by atoms with Crippen LogP contribution in [-0.2, 0) is 21.2 Å². The average Bonchev–Trinajstić information content (AvgIpc) is 3.12. The van der Waals surface area contributed by atoms with E-state index in [1.165, 1.54) is 6.26 Å². The Kier molecular flexibility index (Phi) is 3.43. The van der Waals surface area contributed by atoms with E-state index < -0.39 is 14.6 Å². The highest BCUT2D eigenvalue weighted by molar-refractivity contribution is 7.92. The molecule has 1 fully saturated rings. The van der Waals surface area contributed by atoms with Gasteiger partial charge >= 0.3 is 0 Å². The van der Waals surface area contributed by atoms with Gasteiger partial charge in [0, 0.05) is 19.3 Å². The molecule has 0 radical (unpaired) electrons. The highest BCUT2D eigenvalue weighted by Gasteiger charge is 2.52. The normalized spacial score (nSPS) is 20.3. The number of fused-ring (bicyclic) bond motifs is 3. The number of carbonyl (C=O) groups excluding carboxylic acids is 1. The van der Waals surface area contributed by atoms with Crippen LogP contribution < -0.4 is 10.2 Å². The van der Waals surface area contributed by atoms with Crippen LogP contribution in [0.1, 0.15) is 12.8 Å². The van der Waals surface area contributed by atoms with Gasteiger partial charge in [-0.25, -0.2) is 13.4 Å². The van der Waals surface area contributed by atoms with Crippen LogP contribution in [-0.4, -0.2) is 54.5 Å². The van der Waals surface area contributed by atoms with Gasteiger partial charge in [0.2, 0.25) is 5.95 Å². The maximum Gasteiger partial charge on any atom is 0.250 e. The second-order valence-electron chi connectivity index (χ2n) is 6.53. The molecule has 0 bridgehead atoms. The summed E-state index contributed by atoms with van der Waals surface area (Å²) in [4.78, 5) is 19.4. The van der Waals surface area contributed by atoms with Crippen LogP contribution in [0.3, 0.4) is 0 Å². The van der Waals surface area contributed by atoms with Crippen molar-refractivity contribution in [3.8, 4) is 0 Å². The number of imidazole rings is 1. The van der Waals surface area contributed by atoms with Crippen LogP contribution in [0.2, 0.25) is 0 Å². The van der Waals surface area contributed by atoms with Gasteiger partial charge in [0.05, 0.1) is 11.0 Å². The molecule has 4 rings (SSSR count). The zero-order valence-corrected chi connectivity index (χ0v) is 14.3. The minimum atomic E-state index is -3.53. The fourth-order valence-electron chi connectivity index (χ4n) is 3.80. The van der Waals surface area contributed by atoms with E-state index in [0.29, 0.717) is 45.0 Å². The number of piperidine rings is 1. The number of amides is 1. The molecule has 24 heavy (non-hydrogen) atoms. The van der Waals surface area contributed by atoms with E-state index in [1.54, 1.807) is 4.90 Å². The molecular formula is C16H20N4O3S. The molecule has 0 aliphatic carbocycles. The average molecular weight is 348 g/mol. The number of benzene rings is 1. The molecule has 2 aliphatic heterocycles. The van der Waals surface area contributed by atoms with Gasteiger partial charge in [-0.05, 0) is 38.1 Å². The molecule has 128 valence electrons. The van der Waals surface area contributed by atoms with E-state index in [9.17, 15) is 13.2 Å². The zero-order chi connectivity index (χ0) is 16.9. The van der Waals surface area contributed by atoms with Crippen molar-refractivity contribution >= 4 is 32.7 Å². The van der Waals surface area contributed by atoms with Crippen LogP contribution in [0, 0.1) is 0 Å². The second-order valence-corrected chi connectivity index (χ2v) is 8.85. The molecule has 0 saturated carbocycles. The fourth-order valence-corrected chi connectivity index (χ4v) is 5.17. The molecule has 1 saturated heterocycles. The highest BCUT2D eigenvalue weighted by Crippen LogP contribution is 2.35. The first kappa shape index (κ1) is 15.6. The van der Waals surface area contributed by atoms with Crippen molar-refractivity contribution in [2.24, 2.45) is 0 Å². The summed E-state index contributed by atoms with van der Waals surface area (Å²) >= 11 is 0. The Morgan fingerprint density at radius 2 is 1.92 bits per heavy atom. The van der Waals surface area contributed by atoms with E-state index in [4.69, 9.17) is 0 Å². The lowest BCUT2D eigenvalue weighted by Crippen LogP contribution is -2.58. The molecule has 0 atom stereocenters. The zero-order valence-electron chi connectivity index (χ0n) is 13.5. The van der Waals surface area contributed by atoms with E-state index in [0.717, 1.165) is 11.0 Å². The third-order valence-electron chi connectivity index (χ3n) is 5.18. The molecule has 3 heterocycles. The van der Waals surface area contributed by atoms with Crippen molar-refractivity contribution in [1.29, 1.82) is 0 Å². The maximum atomic E-state index is 13.3. The van der Waals surface area contributed by atoms with Gasteiger partial charge in [0.1, 0.15) is 0 Å². The van der Waals surface area contributed by atoms with E-state index in [2.05, 4.69) is 10.3 Å². The third kappa shape index (κ3) is 2.09. The Morgan fingerprint density at radius 1 is 1.21 bits per heavy atom. The summed E-state index contributed by atoms with van der Waals surface area (Å²) in [6.07, 6.45) is 1.79. The first-order valence-electron chi connectivity index (χ1n) is 8.12. The summed E-state index contributed by atoms with van der Waals surface area (Å²) in [6.45, 7) is 2.17. The number of nitrogens with zero attached hydrogens (tertiary/aromatic N) is 3. The number of hydrogen-bond donors (Lipinski definition) is 1. The first-order valence-corrected chi connectivity index (χ1v) is 10.0. The lowest BCUT2D eigenvalue weighted by atomic mass is 9.95. The number of carbonyl (C=O) groups is 1. The van der Waals surface area contributed by atoms with Crippen molar-refractivity contribution < 1.29 is 13.2 Å². The lowest BCUT2D eigenvalue weighted by molar-refractivity contribution is -0.121. The fraction of sp³-hybridized carbons (Fsp3) is 0.500. The SMILES string of the molecule is CS(=O)(=O)C1(C(=O)N2CCn3c2nc2ccccc23)CCNCC1. The summed E-state index contributed by atoms with van der Waals surface area (Å²) in [5, 5.41) is 3.14. The van der Waals surface area contributed by atoms with Crippen molar-refractivity contribution in [2.75, 3.05) is 30.8 Å². The Morgan fingerprint density at radius 3 is 2.62 bits per heavy atom. The molecule has 1 aromatic heterocycles. The largest absolute Gasteiger partial charge is 0.317 e. The van der Waals surface area contributed by atoms with Crippen molar-refractivity contribution in [3.63, 3.8) is 0 Å². The summed E-state index contributed by atoms with van der Waals surface area (Å²) in [5.74, 6) is 0.225. The molecule has 0 unspecified atom stereocenters. The van der Waals surface area contributed by atoms with Crippen LogP contribution in [0.4, 0.5) is 5.95 Å². The maximum absolute atomic E-state index is 13.3. The number of rotatable bonds is 2. The molecule has 1 amide bonds.